The van der Waals surface area contributed by atoms with Crippen molar-refractivity contribution in [3.05, 3.63) is 0 Å². The summed E-state index contributed by atoms with van der Waals surface area (Å²) < 4.78 is 0. The van der Waals surface area contributed by atoms with Crippen LogP contribution in [0.3, 0.4) is 0 Å². The van der Waals surface area contributed by atoms with Crippen molar-refractivity contribution in [2.75, 3.05) is 32.7 Å². The van der Waals surface area contributed by atoms with Gasteiger partial charge in [0.05, 0.1) is 11.0 Å². The summed E-state index contributed by atoms with van der Waals surface area (Å²) in [4.78, 5) is 27.3. The van der Waals surface area contributed by atoms with Gasteiger partial charge < -0.3 is 20.2 Å². The van der Waals surface area contributed by atoms with Gasteiger partial charge in [0, 0.05) is 32.7 Å². The molecule has 6 heteroatoms. The zero-order valence-electron chi connectivity index (χ0n) is 11.9. The number of carboxylic acids is 1. The molecule has 0 spiro atoms. The van der Waals surface area contributed by atoms with Gasteiger partial charge in [0.25, 0.3) is 0 Å². The van der Waals surface area contributed by atoms with Crippen LogP contribution in [0.4, 0.5) is 4.79 Å². The first-order chi connectivity index (χ1) is 8.82. The molecule has 0 radical (unpaired) electrons. The first-order valence-electron chi connectivity index (χ1n) is 6.83. The number of urea groups is 1. The van der Waals surface area contributed by atoms with Gasteiger partial charge in [-0.1, -0.05) is 6.92 Å². The van der Waals surface area contributed by atoms with Crippen LogP contribution in [-0.2, 0) is 4.79 Å². The van der Waals surface area contributed by atoms with Crippen LogP contribution in [0.25, 0.3) is 0 Å². The number of nitrogens with zero attached hydrogens (tertiary/aromatic N) is 2. The largest absolute Gasteiger partial charge is 0.481 e. The van der Waals surface area contributed by atoms with Gasteiger partial charge in [-0.05, 0) is 20.3 Å². The van der Waals surface area contributed by atoms with Gasteiger partial charge in [0.15, 0.2) is 0 Å². The maximum Gasteiger partial charge on any atom is 0.320 e. The number of fused-ring (bicyclic) bond motifs is 1. The van der Waals surface area contributed by atoms with Crippen LogP contribution in [-0.4, -0.2) is 65.2 Å². The minimum absolute atomic E-state index is 0.0160. The van der Waals surface area contributed by atoms with E-state index in [2.05, 4.69) is 12.2 Å². The fraction of sp³-hybridized carbons (Fsp3) is 0.846. The summed E-state index contributed by atoms with van der Waals surface area (Å²) in [5.74, 6) is -0.867. The summed E-state index contributed by atoms with van der Waals surface area (Å²) in [6.07, 6.45) is 0.885. The van der Waals surface area contributed by atoms with Gasteiger partial charge in [-0.3, -0.25) is 4.79 Å². The number of aliphatic carboxylic acids is 1. The lowest BCUT2D eigenvalue weighted by molar-refractivity contribution is -0.147. The zero-order valence-corrected chi connectivity index (χ0v) is 11.9. The van der Waals surface area contributed by atoms with Gasteiger partial charge in [-0.25, -0.2) is 4.79 Å². The number of piperazine rings is 1. The molecule has 2 amide bonds. The molecule has 6 nitrogen and oxygen atoms in total. The normalized spacial score (nSPS) is 27.6. The molecule has 0 aromatic rings. The Morgan fingerprint density at radius 1 is 1.53 bits per heavy atom. The van der Waals surface area contributed by atoms with Crippen LogP contribution < -0.4 is 5.32 Å². The summed E-state index contributed by atoms with van der Waals surface area (Å²) in [5, 5.41) is 12.5. The number of amides is 2. The molecule has 0 unspecified atom stereocenters. The molecule has 2 saturated heterocycles. The van der Waals surface area contributed by atoms with Crippen LogP contribution in [0.2, 0.25) is 0 Å². The first kappa shape index (κ1) is 14.1. The molecule has 2 aliphatic rings. The summed E-state index contributed by atoms with van der Waals surface area (Å²) in [7, 11) is 0. The molecule has 0 aromatic heterocycles. The van der Waals surface area contributed by atoms with E-state index in [0.717, 1.165) is 19.5 Å². The van der Waals surface area contributed by atoms with Crippen LogP contribution in [0.5, 0.6) is 0 Å². The molecule has 19 heavy (non-hydrogen) atoms. The van der Waals surface area contributed by atoms with Gasteiger partial charge in [0.2, 0.25) is 0 Å². The molecule has 108 valence electrons. The third kappa shape index (κ3) is 2.29. The average Bonchev–Trinajstić information content (AvgIpc) is 2.63. The van der Waals surface area contributed by atoms with Gasteiger partial charge >= 0.3 is 12.0 Å². The molecule has 2 N–H and O–H groups in total. The molecule has 0 saturated carbocycles. The minimum atomic E-state index is -0.910. The van der Waals surface area contributed by atoms with E-state index in [0.29, 0.717) is 13.1 Å². The highest BCUT2D eigenvalue weighted by atomic mass is 16.4. The first-order valence-corrected chi connectivity index (χ1v) is 6.83. The van der Waals surface area contributed by atoms with Crippen molar-refractivity contribution >= 4 is 12.0 Å². The SMILES string of the molecule is CC[C@@]12CNCCN1C(=O)N(CC(C)(C)C(=O)O)C2. The third-order valence-electron chi connectivity index (χ3n) is 4.35. The fourth-order valence-corrected chi connectivity index (χ4v) is 2.97. The Bertz CT molecular complexity index is 397. The molecule has 2 fully saturated rings. The lowest BCUT2D eigenvalue weighted by Crippen LogP contribution is -2.59. The molecule has 0 bridgehead atoms. The molecule has 1 atom stereocenters. The standard InChI is InChI=1S/C13H23N3O3/c1-4-13-7-14-5-6-16(13)11(19)15(9-13)8-12(2,3)10(17)18/h14H,4-9H2,1-3H3,(H,17,18)/t13-/m0/s1. The molecule has 2 aliphatic heterocycles. The topological polar surface area (TPSA) is 72.9 Å². The van der Waals surface area contributed by atoms with Gasteiger partial charge in [-0.15, -0.1) is 0 Å². The van der Waals surface area contributed by atoms with Crippen molar-refractivity contribution in [3.63, 3.8) is 0 Å². The minimum Gasteiger partial charge on any atom is -0.481 e. The highest BCUT2D eigenvalue weighted by molar-refractivity contribution is 5.80. The van der Waals surface area contributed by atoms with Crippen molar-refractivity contribution in [2.24, 2.45) is 5.41 Å². The second kappa shape index (κ2) is 4.67. The van der Waals surface area contributed by atoms with E-state index < -0.39 is 11.4 Å². The Kier molecular flexibility index (Phi) is 3.47. The van der Waals surface area contributed by atoms with E-state index in [1.165, 1.54) is 0 Å². The summed E-state index contributed by atoms with van der Waals surface area (Å²) in [6, 6.07) is -0.0160. The second-order valence-corrected chi connectivity index (χ2v) is 6.23. The maximum absolute atomic E-state index is 12.4. The van der Waals surface area contributed by atoms with E-state index in [-0.39, 0.29) is 18.1 Å². The number of carbonyl (C=O) groups excluding carboxylic acids is 1. The van der Waals surface area contributed by atoms with E-state index in [1.54, 1.807) is 18.7 Å². The monoisotopic (exact) mass is 269 g/mol. The lowest BCUT2D eigenvalue weighted by atomic mass is 9.91. The third-order valence-corrected chi connectivity index (χ3v) is 4.35. The summed E-state index contributed by atoms with van der Waals surface area (Å²) in [6.45, 7) is 8.59. The van der Waals surface area contributed by atoms with Crippen LogP contribution in [0.15, 0.2) is 0 Å². The summed E-state index contributed by atoms with van der Waals surface area (Å²) in [5.41, 5.74) is -1.07. The van der Waals surface area contributed by atoms with Crippen molar-refractivity contribution in [2.45, 2.75) is 32.7 Å². The Labute approximate surface area is 113 Å². The Morgan fingerprint density at radius 3 is 2.74 bits per heavy atom. The second-order valence-electron chi connectivity index (χ2n) is 6.23. The average molecular weight is 269 g/mol. The van der Waals surface area contributed by atoms with Crippen molar-refractivity contribution in [1.82, 2.24) is 15.1 Å². The number of hydrogen-bond acceptors (Lipinski definition) is 3. The number of hydrogen-bond donors (Lipinski definition) is 2. The predicted octanol–water partition coefficient (Wildman–Crippen LogP) is 0.587. The number of nitrogens with one attached hydrogen (secondary N) is 1. The number of carboxylic acid groups (broad SMARTS) is 1. The van der Waals surface area contributed by atoms with Crippen molar-refractivity contribution in [1.29, 1.82) is 0 Å². The molecule has 0 aromatic carbocycles. The molecule has 2 heterocycles. The molecule has 0 aliphatic carbocycles. The molecular weight excluding hydrogens is 246 g/mol. The number of carbonyl (C=O) groups is 2. The van der Waals surface area contributed by atoms with Crippen LogP contribution in [0.1, 0.15) is 27.2 Å². The van der Waals surface area contributed by atoms with E-state index in [1.807, 2.05) is 4.90 Å². The van der Waals surface area contributed by atoms with Crippen molar-refractivity contribution in [3.8, 4) is 0 Å². The zero-order chi connectivity index (χ0) is 14.3. The van der Waals surface area contributed by atoms with E-state index in [4.69, 9.17) is 0 Å². The highest BCUT2D eigenvalue weighted by Gasteiger charge is 2.50. The number of rotatable bonds is 4. The van der Waals surface area contributed by atoms with E-state index >= 15 is 0 Å². The summed E-state index contributed by atoms with van der Waals surface area (Å²) >= 11 is 0. The Morgan fingerprint density at radius 2 is 2.21 bits per heavy atom. The maximum atomic E-state index is 12.4. The van der Waals surface area contributed by atoms with E-state index in [9.17, 15) is 14.7 Å². The van der Waals surface area contributed by atoms with Crippen LogP contribution >= 0.6 is 0 Å². The highest BCUT2D eigenvalue weighted by Crippen LogP contribution is 2.32. The predicted molar refractivity (Wildman–Crippen MR) is 71.0 cm³/mol. The van der Waals surface area contributed by atoms with Gasteiger partial charge in [0.1, 0.15) is 0 Å². The molecular formula is C13H23N3O3. The molecule has 2 rings (SSSR count). The smallest absolute Gasteiger partial charge is 0.320 e. The van der Waals surface area contributed by atoms with Gasteiger partial charge in [-0.2, -0.15) is 0 Å². The quantitative estimate of drug-likeness (QED) is 0.783. The Balaban J connectivity index is 2.17. The Hall–Kier alpha value is -1.30. The van der Waals surface area contributed by atoms with Crippen molar-refractivity contribution < 1.29 is 14.7 Å². The lowest BCUT2D eigenvalue weighted by Gasteiger charge is -2.40. The van der Waals surface area contributed by atoms with Crippen LogP contribution in [0, 0.1) is 5.41 Å². The fourth-order valence-electron chi connectivity index (χ4n) is 2.97.